The molecule has 1 aromatic heterocycles. The molecular weight excluding hydrogens is 272 g/mol. The van der Waals surface area contributed by atoms with E-state index in [-0.39, 0.29) is 0 Å². The Morgan fingerprint density at radius 2 is 2.06 bits per heavy atom. The van der Waals surface area contributed by atoms with Crippen LogP contribution in [0.3, 0.4) is 0 Å². The molecule has 1 aliphatic heterocycles. The number of hydrogen-bond donors (Lipinski definition) is 0. The molecule has 2 aromatic rings. The lowest BCUT2D eigenvalue weighted by molar-refractivity contribution is 0.0234. The Labute approximate surface area is 115 Å². The summed E-state index contributed by atoms with van der Waals surface area (Å²) in [7, 11) is 0. The zero-order valence-corrected chi connectivity index (χ0v) is 11.3. The maximum atomic E-state index is 5.94. The number of ether oxygens (including phenoxy) is 1. The minimum Gasteiger partial charge on any atom is -0.429 e. The Balaban J connectivity index is 1.95. The number of benzene rings is 1. The second-order valence-corrected chi connectivity index (χ2v) is 5.07. The van der Waals surface area contributed by atoms with Crippen LogP contribution in [0.4, 0.5) is 0 Å². The highest BCUT2D eigenvalue weighted by Crippen LogP contribution is 2.22. The molecule has 0 bridgehead atoms. The summed E-state index contributed by atoms with van der Waals surface area (Å²) in [5, 5.41) is 0.657. The first-order valence-electron chi connectivity index (χ1n) is 5.83. The highest BCUT2D eigenvalue weighted by molar-refractivity contribution is 7.71. The summed E-state index contributed by atoms with van der Waals surface area (Å²) in [4.78, 5) is 2.78. The van der Waals surface area contributed by atoms with Crippen LogP contribution in [0, 0.1) is 4.84 Å². The van der Waals surface area contributed by atoms with Gasteiger partial charge in [0.2, 0.25) is 0 Å². The van der Waals surface area contributed by atoms with Crippen molar-refractivity contribution >= 4 is 34.9 Å². The quantitative estimate of drug-likeness (QED) is 0.794. The Bertz CT molecular complexity index is 616. The van der Waals surface area contributed by atoms with Gasteiger partial charge < -0.3 is 9.15 Å². The predicted molar refractivity (Wildman–Crippen MR) is 72.4 cm³/mol. The molecule has 0 atom stereocenters. The summed E-state index contributed by atoms with van der Waals surface area (Å²) in [6.07, 6.45) is 0. The fourth-order valence-electron chi connectivity index (χ4n) is 2.12. The van der Waals surface area contributed by atoms with E-state index in [1.54, 1.807) is 6.07 Å². The number of aromatic nitrogens is 1. The van der Waals surface area contributed by atoms with Gasteiger partial charge in [-0.1, -0.05) is 11.6 Å². The highest BCUT2D eigenvalue weighted by Gasteiger charge is 2.14. The molecule has 1 aliphatic rings. The van der Waals surface area contributed by atoms with Crippen LogP contribution in [0.2, 0.25) is 5.02 Å². The Morgan fingerprint density at radius 1 is 1.28 bits per heavy atom. The van der Waals surface area contributed by atoms with Crippen molar-refractivity contribution < 1.29 is 9.15 Å². The SMILES string of the molecule is S=c1oc2cc(Cl)ccc2n1CN1CCOCC1. The van der Waals surface area contributed by atoms with Crippen molar-refractivity contribution in [1.29, 1.82) is 0 Å². The molecule has 0 spiro atoms. The van der Waals surface area contributed by atoms with Crippen molar-refractivity contribution in [2.75, 3.05) is 26.3 Å². The molecule has 4 nitrogen and oxygen atoms in total. The molecule has 18 heavy (non-hydrogen) atoms. The van der Waals surface area contributed by atoms with Gasteiger partial charge in [-0.15, -0.1) is 0 Å². The maximum absolute atomic E-state index is 5.94. The molecule has 2 heterocycles. The first kappa shape index (κ1) is 12.2. The molecule has 96 valence electrons. The van der Waals surface area contributed by atoms with Crippen molar-refractivity contribution in [3.8, 4) is 0 Å². The monoisotopic (exact) mass is 284 g/mol. The van der Waals surface area contributed by atoms with Crippen molar-refractivity contribution in [3.63, 3.8) is 0 Å². The zero-order chi connectivity index (χ0) is 12.5. The van der Waals surface area contributed by atoms with Crippen molar-refractivity contribution in [2.24, 2.45) is 0 Å². The van der Waals surface area contributed by atoms with Crippen LogP contribution in [0.1, 0.15) is 0 Å². The summed E-state index contributed by atoms with van der Waals surface area (Å²) in [5.74, 6) is 0. The molecule has 1 aromatic carbocycles. The number of oxazole rings is 1. The summed E-state index contributed by atoms with van der Waals surface area (Å²) in [5.41, 5.74) is 1.72. The number of morpholine rings is 1. The van der Waals surface area contributed by atoms with Crippen molar-refractivity contribution in [3.05, 3.63) is 28.1 Å². The van der Waals surface area contributed by atoms with Gasteiger partial charge in [0, 0.05) is 24.2 Å². The van der Waals surface area contributed by atoms with E-state index in [0.717, 1.165) is 44.1 Å². The Hall–Kier alpha value is -0.880. The number of halogens is 1. The smallest absolute Gasteiger partial charge is 0.270 e. The third-order valence-electron chi connectivity index (χ3n) is 3.08. The van der Waals surface area contributed by atoms with E-state index >= 15 is 0 Å². The van der Waals surface area contributed by atoms with Crippen molar-refractivity contribution in [1.82, 2.24) is 9.47 Å². The molecule has 3 rings (SSSR count). The van der Waals surface area contributed by atoms with Crippen LogP contribution in [0.25, 0.3) is 11.1 Å². The number of rotatable bonds is 2. The van der Waals surface area contributed by atoms with Crippen LogP contribution >= 0.6 is 23.8 Å². The van der Waals surface area contributed by atoms with Gasteiger partial charge in [0.1, 0.15) is 0 Å². The van der Waals surface area contributed by atoms with E-state index in [9.17, 15) is 0 Å². The molecule has 1 saturated heterocycles. The first-order chi connectivity index (χ1) is 8.74. The average molecular weight is 285 g/mol. The van der Waals surface area contributed by atoms with Crippen LogP contribution in [0.15, 0.2) is 22.6 Å². The molecule has 6 heteroatoms. The van der Waals surface area contributed by atoms with Crippen LogP contribution in [0.5, 0.6) is 0 Å². The lowest BCUT2D eigenvalue weighted by atomic mass is 10.3. The van der Waals surface area contributed by atoms with Gasteiger partial charge in [-0.05, 0) is 24.4 Å². The number of nitrogens with zero attached hydrogens (tertiary/aromatic N) is 2. The molecular formula is C12H13ClN2O2S. The molecule has 0 saturated carbocycles. The Morgan fingerprint density at radius 3 is 2.83 bits per heavy atom. The van der Waals surface area contributed by atoms with Gasteiger partial charge in [-0.25, -0.2) is 0 Å². The summed E-state index contributed by atoms with van der Waals surface area (Å²) in [6.45, 7) is 4.12. The lowest BCUT2D eigenvalue weighted by Gasteiger charge is -2.26. The average Bonchev–Trinajstić information content (AvgIpc) is 2.66. The fourth-order valence-corrected chi connectivity index (χ4v) is 2.52. The molecule has 0 radical (unpaired) electrons. The summed E-state index contributed by atoms with van der Waals surface area (Å²) < 4.78 is 12.9. The van der Waals surface area contributed by atoms with E-state index in [1.165, 1.54) is 0 Å². The van der Waals surface area contributed by atoms with Crippen LogP contribution in [-0.2, 0) is 11.4 Å². The number of fused-ring (bicyclic) bond motifs is 1. The van der Waals surface area contributed by atoms with Gasteiger partial charge in [0.05, 0.1) is 25.4 Å². The van der Waals surface area contributed by atoms with E-state index < -0.39 is 0 Å². The number of hydrogen-bond acceptors (Lipinski definition) is 4. The lowest BCUT2D eigenvalue weighted by Crippen LogP contribution is -2.37. The van der Waals surface area contributed by atoms with Gasteiger partial charge in [0.25, 0.3) is 4.84 Å². The van der Waals surface area contributed by atoms with Gasteiger partial charge in [-0.3, -0.25) is 9.47 Å². The van der Waals surface area contributed by atoms with E-state index in [1.807, 2.05) is 16.7 Å². The third kappa shape index (κ3) is 2.31. The highest BCUT2D eigenvalue weighted by atomic mass is 35.5. The summed E-state index contributed by atoms with van der Waals surface area (Å²) >= 11 is 11.2. The summed E-state index contributed by atoms with van der Waals surface area (Å²) in [6, 6.07) is 5.59. The molecule has 0 aliphatic carbocycles. The third-order valence-corrected chi connectivity index (χ3v) is 3.61. The fraction of sp³-hybridized carbons (Fsp3) is 0.417. The topological polar surface area (TPSA) is 30.5 Å². The first-order valence-corrected chi connectivity index (χ1v) is 6.62. The predicted octanol–water partition coefficient (Wildman–Crippen LogP) is 2.91. The normalized spacial score (nSPS) is 17.4. The second-order valence-electron chi connectivity index (χ2n) is 4.28. The van der Waals surface area contributed by atoms with Crippen molar-refractivity contribution in [2.45, 2.75) is 6.67 Å². The molecule has 0 N–H and O–H groups in total. The zero-order valence-electron chi connectivity index (χ0n) is 9.76. The van der Waals surface area contributed by atoms with Gasteiger partial charge >= 0.3 is 0 Å². The largest absolute Gasteiger partial charge is 0.429 e. The van der Waals surface area contributed by atoms with E-state index in [2.05, 4.69) is 4.90 Å². The van der Waals surface area contributed by atoms with E-state index in [4.69, 9.17) is 33.0 Å². The molecule has 1 fully saturated rings. The van der Waals surface area contributed by atoms with Crippen LogP contribution in [-0.4, -0.2) is 35.8 Å². The van der Waals surface area contributed by atoms with Gasteiger partial charge in [0.15, 0.2) is 5.58 Å². The molecule has 0 unspecified atom stereocenters. The molecule has 0 amide bonds. The van der Waals surface area contributed by atoms with E-state index in [0.29, 0.717) is 9.86 Å². The van der Waals surface area contributed by atoms with Gasteiger partial charge in [-0.2, -0.15) is 0 Å². The minimum atomic E-state index is 0.485. The second kappa shape index (κ2) is 5.01. The minimum absolute atomic E-state index is 0.485. The maximum Gasteiger partial charge on any atom is 0.270 e. The Kier molecular flexibility index (Phi) is 3.39. The van der Waals surface area contributed by atoms with Crippen LogP contribution < -0.4 is 0 Å². The standard InChI is InChI=1S/C12H13ClN2O2S/c13-9-1-2-10-11(7-9)17-12(18)15(10)8-14-3-5-16-6-4-14/h1-2,7H,3-6,8H2.